The minimum Gasteiger partial charge on any atom is -0.503 e. The zero-order valence-electron chi connectivity index (χ0n) is 7.11. The third kappa shape index (κ3) is 1.33. The second-order valence-electron chi connectivity index (χ2n) is 2.76. The SMILES string of the molecule is Cc1c(O)c(=O)ccn1C(C)N. The molecule has 4 heteroatoms. The Hall–Kier alpha value is -1.29. The molecule has 12 heavy (non-hydrogen) atoms. The number of pyridine rings is 1. The second-order valence-corrected chi connectivity index (χ2v) is 2.76. The highest BCUT2D eigenvalue weighted by atomic mass is 16.3. The fourth-order valence-electron chi connectivity index (χ4n) is 1.08. The molecule has 1 rings (SSSR count). The lowest BCUT2D eigenvalue weighted by Crippen LogP contribution is -2.19. The molecule has 0 bridgehead atoms. The van der Waals surface area contributed by atoms with Gasteiger partial charge in [-0.15, -0.1) is 0 Å². The Morgan fingerprint density at radius 3 is 2.75 bits per heavy atom. The summed E-state index contributed by atoms with van der Waals surface area (Å²) < 4.78 is 1.64. The molecule has 1 unspecified atom stereocenters. The number of nitrogens with zero attached hydrogens (tertiary/aromatic N) is 1. The highest BCUT2D eigenvalue weighted by Crippen LogP contribution is 2.11. The highest BCUT2D eigenvalue weighted by Gasteiger charge is 2.06. The van der Waals surface area contributed by atoms with Crippen LogP contribution in [0.1, 0.15) is 18.8 Å². The first-order chi connectivity index (χ1) is 5.54. The Morgan fingerprint density at radius 1 is 1.67 bits per heavy atom. The van der Waals surface area contributed by atoms with E-state index in [1.807, 2.05) is 0 Å². The first kappa shape index (κ1) is 8.80. The number of aromatic hydroxyl groups is 1. The fourth-order valence-corrected chi connectivity index (χ4v) is 1.08. The van der Waals surface area contributed by atoms with Crippen molar-refractivity contribution in [3.8, 4) is 5.75 Å². The average molecular weight is 168 g/mol. The summed E-state index contributed by atoms with van der Waals surface area (Å²) in [5, 5.41) is 9.25. The normalized spacial score (nSPS) is 12.9. The molecule has 0 radical (unpaired) electrons. The van der Waals surface area contributed by atoms with E-state index >= 15 is 0 Å². The van der Waals surface area contributed by atoms with Crippen molar-refractivity contribution in [2.24, 2.45) is 5.73 Å². The Kier molecular flexibility index (Phi) is 2.19. The minimum atomic E-state index is -0.371. The molecule has 1 heterocycles. The summed E-state index contributed by atoms with van der Waals surface area (Å²) in [4.78, 5) is 10.9. The third-order valence-corrected chi connectivity index (χ3v) is 1.79. The van der Waals surface area contributed by atoms with Crippen LogP contribution in [-0.4, -0.2) is 9.67 Å². The van der Waals surface area contributed by atoms with Crippen molar-refractivity contribution >= 4 is 0 Å². The molecule has 4 nitrogen and oxygen atoms in total. The summed E-state index contributed by atoms with van der Waals surface area (Å²) in [7, 11) is 0. The van der Waals surface area contributed by atoms with Gasteiger partial charge in [0, 0.05) is 12.3 Å². The quantitative estimate of drug-likeness (QED) is 0.635. The molecule has 0 fully saturated rings. The van der Waals surface area contributed by atoms with Crippen LogP contribution in [0, 0.1) is 6.92 Å². The summed E-state index contributed by atoms with van der Waals surface area (Å²) in [6.07, 6.45) is 1.33. The Morgan fingerprint density at radius 2 is 2.25 bits per heavy atom. The van der Waals surface area contributed by atoms with Gasteiger partial charge in [0.05, 0.1) is 11.9 Å². The maximum Gasteiger partial charge on any atom is 0.223 e. The first-order valence-corrected chi connectivity index (χ1v) is 3.70. The molecule has 0 aliphatic heterocycles. The molecule has 1 aromatic heterocycles. The maximum absolute atomic E-state index is 10.9. The number of nitrogens with two attached hydrogens (primary N) is 1. The summed E-state index contributed by atoms with van der Waals surface area (Å²) in [6.45, 7) is 3.43. The van der Waals surface area contributed by atoms with Gasteiger partial charge in [0.15, 0.2) is 5.75 Å². The van der Waals surface area contributed by atoms with E-state index in [1.54, 1.807) is 24.6 Å². The van der Waals surface area contributed by atoms with E-state index in [2.05, 4.69) is 0 Å². The second kappa shape index (κ2) is 2.98. The molecule has 1 aromatic rings. The zero-order valence-corrected chi connectivity index (χ0v) is 7.11. The minimum absolute atomic E-state index is 0.227. The lowest BCUT2D eigenvalue weighted by molar-refractivity contribution is 0.443. The zero-order chi connectivity index (χ0) is 9.30. The van der Waals surface area contributed by atoms with Crippen LogP contribution in [0.3, 0.4) is 0 Å². The lowest BCUT2D eigenvalue weighted by atomic mass is 10.3. The average Bonchev–Trinajstić information content (AvgIpc) is 2.00. The number of aromatic nitrogens is 1. The van der Waals surface area contributed by atoms with Gasteiger partial charge in [0.1, 0.15) is 0 Å². The van der Waals surface area contributed by atoms with Gasteiger partial charge in [0.25, 0.3) is 0 Å². The van der Waals surface area contributed by atoms with E-state index in [1.165, 1.54) is 6.07 Å². The van der Waals surface area contributed by atoms with Gasteiger partial charge in [0.2, 0.25) is 5.43 Å². The Bertz CT molecular complexity index is 341. The van der Waals surface area contributed by atoms with E-state index in [-0.39, 0.29) is 17.3 Å². The van der Waals surface area contributed by atoms with E-state index in [4.69, 9.17) is 5.73 Å². The van der Waals surface area contributed by atoms with Gasteiger partial charge >= 0.3 is 0 Å². The molecule has 0 saturated carbocycles. The van der Waals surface area contributed by atoms with Crippen LogP contribution in [-0.2, 0) is 0 Å². The van der Waals surface area contributed by atoms with Crippen LogP contribution in [0.2, 0.25) is 0 Å². The molecule has 0 aliphatic carbocycles. The van der Waals surface area contributed by atoms with E-state index in [9.17, 15) is 9.90 Å². The number of hydrogen-bond donors (Lipinski definition) is 2. The molecule has 66 valence electrons. The molecule has 0 spiro atoms. The predicted octanol–water partition coefficient (Wildman–Crippen LogP) is 0.340. The number of hydrogen-bond acceptors (Lipinski definition) is 3. The van der Waals surface area contributed by atoms with Crippen LogP contribution >= 0.6 is 0 Å². The van der Waals surface area contributed by atoms with Gasteiger partial charge in [-0.25, -0.2) is 0 Å². The molecular weight excluding hydrogens is 156 g/mol. The molecule has 0 saturated heterocycles. The van der Waals surface area contributed by atoms with Gasteiger partial charge in [-0.1, -0.05) is 0 Å². The van der Waals surface area contributed by atoms with Crippen molar-refractivity contribution in [3.05, 3.63) is 28.2 Å². The van der Waals surface area contributed by atoms with Crippen molar-refractivity contribution in [2.75, 3.05) is 0 Å². The molecule has 0 amide bonds. The monoisotopic (exact) mass is 168 g/mol. The molecule has 0 aromatic carbocycles. The van der Waals surface area contributed by atoms with Crippen molar-refractivity contribution in [2.45, 2.75) is 20.0 Å². The van der Waals surface area contributed by atoms with Crippen LogP contribution < -0.4 is 11.2 Å². The van der Waals surface area contributed by atoms with Gasteiger partial charge in [-0.05, 0) is 13.8 Å². The smallest absolute Gasteiger partial charge is 0.223 e. The molecule has 3 N–H and O–H groups in total. The summed E-state index contributed by atoms with van der Waals surface area (Å²) >= 11 is 0. The molecule has 0 aliphatic rings. The summed E-state index contributed by atoms with van der Waals surface area (Å²) in [5.74, 6) is -0.227. The molecule has 1 atom stereocenters. The van der Waals surface area contributed by atoms with E-state index in [0.29, 0.717) is 5.69 Å². The Labute approximate surface area is 70.3 Å². The van der Waals surface area contributed by atoms with E-state index < -0.39 is 0 Å². The van der Waals surface area contributed by atoms with Gasteiger partial charge < -0.3 is 15.4 Å². The van der Waals surface area contributed by atoms with Crippen molar-refractivity contribution < 1.29 is 5.11 Å². The van der Waals surface area contributed by atoms with Crippen molar-refractivity contribution in [1.82, 2.24) is 4.57 Å². The Balaban J connectivity index is 3.36. The fraction of sp³-hybridized carbons (Fsp3) is 0.375. The highest BCUT2D eigenvalue weighted by molar-refractivity contribution is 5.25. The van der Waals surface area contributed by atoms with Gasteiger partial charge in [-0.2, -0.15) is 0 Å². The van der Waals surface area contributed by atoms with Crippen LogP contribution in [0.15, 0.2) is 17.1 Å². The largest absolute Gasteiger partial charge is 0.503 e. The van der Waals surface area contributed by atoms with Crippen LogP contribution in [0.5, 0.6) is 5.75 Å². The van der Waals surface area contributed by atoms with Crippen molar-refractivity contribution in [3.63, 3.8) is 0 Å². The predicted molar refractivity (Wildman–Crippen MR) is 46.0 cm³/mol. The topological polar surface area (TPSA) is 68.2 Å². The van der Waals surface area contributed by atoms with Crippen LogP contribution in [0.4, 0.5) is 0 Å². The lowest BCUT2D eigenvalue weighted by Gasteiger charge is -2.14. The number of rotatable bonds is 1. The van der Waals surface area contributed by atoms with Gasteiger partial charge in [-0.3, -0.25) is 4.79 Å². The summed E-state index contributed by atoms with van der Waals surface area (Å²) in [6, 6.07) is 1.30. The van der Waals surface area contributed by atoms with Crippen molar-refractivity contribution in [1.29, 1.82) is 0 Å². The maximum atomic E-state index is 10.9. The van der Waals surface area contributed by atoms with E-state index in [0.717, 1.165) is 0 Å². The standard InChI is InChI=1S/C8H12N2O2/c1-5-8(12)7(11)3-4-10(5)6(2)9/h3-4,6,12H,9H2,1-2H3. The molecular formula is C8H12N2O2. The summed E-state index contributed by atoms with van der Waals surface area (Å²) in [5.41, 5.74) is 5.71. The first-order valence-electron chi connectivity index (χ1n) is 3.70. The van der Waals surface area contributed by atoms with Crippen LogP contribution in [0.25, 0.3) is 0 Å². The third-order valence-electron chi connectivity index (χ3n) is 1.79.